The average Bonchev–Trinajstić information content (AvgIpc) is 2.90. The van der Waals surface area contributed by atoms with Crippen LogP contribution in [0.2, 0.25) is 0 Å². The standard InChI is InChI=1S/C17H16N2OS/c1-3-4-13-5-7-14(8-6-13)17(20)15(10-18)9-16-11-21-12(2)19-16/h5-9,11H,3-4H2,1-2H3/b15-9+. The van der Waals surface area contributed by atoms with E-state index in [9.17, 15) is 10.1 Å². The zero-order valence-electron chi connectivity index (χ0n) is 12.1. The van der Waals surface area contributed by atoms with E-state index in [-0.39, 0.29) is 11.4 Å². The lowest BCUT2D eigenvalue weighted by atomic mass is 10.0. The zero-order chi connectivity index (χ0) is 15.2. The first-order chi connectivity index (χ1) is 10.1. The maximum atomic E-state index is 12.3. The zero-order valence-corrected chi connectivity index (χ0v) is 12.9. The van der Waals surface area contributed by atoms with Crippen molar-refractivity contribution in [1.82, 2.24) is 4.98 Å². The molecule has 0 spiro atoms. The van der Waals surface area contributed by atoms with Gasteiger partial charge < -0.3 is 0 Å². The molecule has 0 saturated heterocycles. The van der Waals surface area contributed by atoms with Crippen molar-refractivity contribution in [2.24, 2.45) is 0 Å². The quantitative estimate of drug-likeness (QED) is 0.472. The number of aryl methyl sites for hydroxylation is 2. The van der Waals surface area contributed by atoms with Gasteiger partial charge in [-0.05, 0) is 25.0 Å². The number of thiazole rings is 1. The highest BCUT2D eigenvalue weighted by atomic mass is 32.1. The third-order valence-corrected chi connectivity index (χ3v) is 3.84. The highest BCUT2D eigenvalue weighted by Crippen LogP contribution is 2.16. The number of Topliss-reactive ketones (excluding diaryl/α,β-unsaturated/α-hetero) is 1. The smallest absolute Gasteiger partial charge is 0.203 e. The Morgan fingerprint density at radius 3 is 2.62 bits per heavy atom. The van der Waals surface area contributed by atoms with Crippen LogP contribution in [0.3, 0.4) is 0 Å². The Morgan fingerprint density at radius 1 is 1.38 bits per heavy atom. The second kappa shape index (κ2) is 6.96. The Morgan fingerprint density at radius 2 is 2.10 bits per heavy atom. The molecule has 1 aromatic heterocycles. The van der Waals surface area contributed by atoms with Crippen LogP contribution in [0.4, 0.5) is 0 Å². The van der Waals surface area contributed by atoms with Crippen LogP contribution in [0.5, 0.6) is 0 Å². The molecule has 21 heavy (non-hydrogen) atoms. The highest BCUT2D eigenvalue weighted by molar-refractivity contribution is 7.09. The maximum Gasteiger partial charge on any atom is 0.203 e. The Balaban J connectivity index is 2.24. The van der Waals surface area contributed by atoms with Crippen molar-refractivity contribution in [1.29, 1.82) is 5.26 Å². The van der Waals surface area contributed by atoms with Crippen LogP contribution in [0, 0.1) is 18.3 Å². The highest BCUT2D eigenvalue weighted by Gasteiger charge is 2.12. The van der Waals surface area contributed by atoms with Gasteiger partial charge in [0, 0.05) is 10.9 Å². The number of allylic oxidation sites excluding steroid dienone is 1. The Kier molecular flexibility index (Phi) is 5.02. The molecule has 0 N–H and O–H groups in total. The van der Waals surface area contributed by atoms with Crippen LogP contribution in [0.25, 0.3) is 6.08 Å². The monoisotopic (exact) mass is 296 g/mol. The summed E-state index contributed by atoms with van der Waals surface area (Å²) in [6, 6.07) is 9.43. The van der Waals surface area contributed by atoms with E-state index in [4.69, 9.17) is 0 Å². The van der Waals surface area contributed by atoms with E-state index in [1.165, 1.54) is 16.9 Å². The molecule has 0 atom stereocenters. The van der Waals surface area contributed by atoms with E-state index < -0.39 is 0 Å². The molecule has 0 radical (unpaired) electrons. The van der Waals surface area contributed by atoms with Gasteiger partial charge in [-0.25, -0.2) is 4.98 Å². The minimum Gasteiger partial charge on any atom is -0.288 e. The van der Waals surface area contributed by atoms with Crippen molar-refractivity contribution in [2.75, 3.05) is 0 Å². The molecule has 3 nitrogen and oxygen atoms in total. The molecular weight excluding hydrogens is 280 g/mol. The summed E-state index contributed by atoms with van der Waals surface area (Å²) in [7, 11) is 0. The van der Waals surface area contributed by atoms with Gasteiger partial charge in [0.15, 0.2) is 0 Å². The third-order valence-electron chi connectivity index (χ3n) is 3.05. The summed E-state index contributed by atoms with van der Waals surface area (Å²) in [6.07, 6.45) is 3.61. The van der Waals surface area contributed by atoms with Crippen LogP contribution in [-0.4, -0.2) is 10.8 Å². The van der Waals surface area contributed by atoms with Gasteiger partial charge in [-0.2, -0.15) is 5.26 Å². The molecule has 0 aliphatic rings. The third kappa shape index (κ3) is 3.87. The lowest BCUT2D eigenvalue weighted by Crippen LogP contribution is -2.02. The van der Waals surface area contributed by atoms with E-state index in [2.05, 4.69) is 11.9 Å². The lowest BCUT2D eigenvalue weighted by molar-refractivity contribution is 0.104. The van der Waals surface area contributed by atoms with Crippen molar-refractivity contribution >= 4 is 23.2 Å². The minimum atomic E-state index is -0.258. The van der Waals surface area contributed by atoms with Gasteiger partial charge >= 0.3 is 0 Å². The second-order valence-corrected chi connectivity index (χ2v) is 5.80. The maximum absolute atomic E-state index is 12.3. The van der Waals surface area contributed by atoms with Crippen LogP contribution in [0.15, 0.2) is 35.2 Å². The van der Waals surface area contributed by atoms with Gasteiger partial charge in [-0.15, -0.1) is 11.3 Å². The summed E-state index contributed by atoms with van der Waals surface area (Å²) < 4.78 is 0. The summed E-state index contributed by atoms with van der Waals surface area (Å²) in [6.45, 7) is 4.01. The second-order valence-electron chi connectivity index (χ2n) is 4.74. The Hall–Kier alpha value is -2.25. The van der Waals surface area contributed by atoms with Crippen molar-refractivity contribution in [3.05, 3.63) is 57.0 Å². The van der Waals surface area contributed by atoms with E-state index >= 15 is 0 Å². The summed E-state index contributed by atoms with van der Waals surface area (Å²) >= 11 is 1.50. The van der Waals surface area contributed by atoms with Crippen molar-refractivity contribution < 1.29 is 4.79 Å². The van der Waals surface area contributed by atoms with Gasteiger partial charge in [0.2, 0.25) is 5.78 Å². The van der Waals surface area contributed by atoms with Gasteiger partial charge in [0.25, 0.3) is 0 Å². The topological polar surface area (TPSA) is 53.8 Å². The van der Waals surface area contributed by atoms with Gasteiger partial charge in [0.1, 0.15) is 11.6 Å². The van der Waals surface area contributed by atoms with Crippen LogP contribution >= 0.6 is 11.3 Å². The Labute approximate surface area is 128 Å². The van der Waals surface area contributed by atoms with Crippen LogP contribution < -0.4 is 0 Å². The fourth-order valence-electron chi connectivity index (χ4n) is 2.01. The lowest BCUT2D eigenvalue weighted by Gasteiger charge is -2.02. The van der Waals surface area contributed by atoms with E-state index in [1.807, 2.05) is 30.5 Å². The fourth-order valence-corrected chi connectivity index (χ4v) is 2.58. The molecular formula is C17H16N2OS. The van der Waals surface area contributed by atoms with E-state index in [0.29, 0.717) is 11.3 Å². The summed E-state index contributed by atoms with van der Waals surface area (Å²) in [4.78, 5) is 16.6. The number of carbonyl (C=O) groups is 1. The molecule has 1 aromatic carbocycles. The number of nitrogens with zero attached hydrogens (tertiary/aromatic N) is 2. The van der Waals surface area contributed by atoms with E-state index in [0.717, 1.165) is 17.8 Å². The number of rotatable bonds is 5. The van der Waals surface area contributed by atoms with Crippen molar-refractivity contribution in [3.63, 3.8) is 0 Å². The molecule has 0 saturated carbocycles. The fraction of sp³-hybridized carbons (Fsp3) is 0.235. The molecule has 2 rings (SSSR count). The summed E-state index contributed by atoms with van der Waals surface area (Å²) in [5, 5.41) is 12.0. The first kappa shape index (κ1) is 15.1. The molecule has 0 bridgehead atoms. The molecule has 0 amide bonds. The number of ketones is 1. The largest absolute Gasteiger partial charge is 0.288 e. The first-order valence-corrected chi connectivity index (χ1v) is 7.69. The van der Waals surface area contributed by atoms with Crippen molar-refractivity contribution in [2.45, 2.75) is 26.7 Å². The van der Waals surface area contributed by atoms with Gasteiger partial charge in [-0.3, -0.25) is 4.79 Å². The molecule has 2 aromatic rings. The molecule has 0 aliphatic carbocycles. The average molecular weight is 296 g/mol. The molecule has 106 valence electrons. The molecule has 0 unspecified atom stereocenters. The minimum absolute atomic E-state index is 0.114. The number of aromatic nitrogens is 1. The molecule has 0 fully saturated rings. The SMILES string of the molecule is CCCc1ccc(C(=O)/C(C#N)=C/c2csc(C)n2)cc1. The number of benzene rings is 1. The van der Waals surface area contributed by atoms with Gasteiger partial charge in [0.05, 0.1) is 10.7 Å². The van der Waals surface area contributed by atoms with Crippen molar-refractivity contribution in [3.8, 4) is 6.07 Å². The number of hydrogen-bond donors (Lipinski definition) is 0. The predicted molar refractivity (Wildman–Crippen MR) is 85.2 cm³/mol. The van der Waals surface area contributed by atoms with E-state index in [1.54, 1.807) is 18.2 Å². The summed E-state index contributed by atoms with van der Waals surface area (Å²) in [5.74, 6) is -0.258. The van der Waals surface area contributed by atoms with Crippen LogP contribution in [-0.2, 0) is 6.42 Å². The number of nitriles is 1. The first-order valence-electron chi connectivity index (χ1n) is 6.81. The normalized spacial score (nSPS) is 11.2. The molecule has 0 aliphatic heterocycles. The van der Waals surface area contributed by atoms with Gasteiger partial charge in [-0.1, -0.05) is 37.6 Å². The predicted octanol–water partition coefficient (Wildman–Crippen LogP) is 4.19. The molecule has 1 heterocycles. The number of carbonyl (C=O) groups excluding carboxylic acids is 1. The number of hydrogen-bond acceptors (Lipinski definition) is 4. The summed E-state index contributed by atoms with van der Waals surface area (Å²) in [5.41, 5.74) is 2.51. The Bertz CT molecular complexity index is 705. The van der Waals surface area contributed by atoms with Crippen LogP contribution in [0.1, 0.15) is 40.0 Å². The molecule has 4 heteroatoms.